The van der Waals surface area contributed by atoms with Crippen molar-refractivity contribution in [3.8, 4) is 0 Å². The lowest BCUT2D eigenvalue weighted by molar-refractivity contribution is -0.133. The van der Waals surface area contributed by atoms with Crippen LogP contribution in [0.15, 0.2) is 58.6 Å². The van der Waals surface area contributed by atoms with E-state index in [1.807, 2.05) is 56.0 Å². The maximum atomic E-state index is 12.9. The number of hydrogen-bond acceptors (Lipinski definition) is 5. The Balaban J connectivity index is 2.07. The number of rotatable bonds is 9. The van der Waals surface area contributed by atoms with Gasteiger partial charge in [-0.2, -0.15) is 4.31 Å². The predicted octanol–water partition coefficient (Wildman–Crippen LogP) is 4.03. The van der Waals surface area contributed by atoms with Crippen LogP contribution in [0.4, 0.5) is 0 Å². The van der Waals surface area contributed by atoms with Gasteiger partial charge in [-0.3, -0.25) is 4.79 Å². The van der Waals surface area contributed by atoms with Crippen molar-refractivity contribution in [2.75, 3.05) is 18.8 Å². The molecule has 0 bridgehead atoms. The van der Waals surface area contributed by atoms with Gasteiger partial charge in [0.15, 0.2) is 0 Å². The third-order valence-electron chi connectivity index (χ3n) is 4.69. The van der Waals surface area contributed by atoms with Crippen LogP contribution in [-0.2, 0) is 21.4 Å². The minimum absolute atomic E-state index is 0.0120. The molecule has 1 heterocycles. The number of sulfonamides is 1. The van der Waals surface area contributed by atoms with Crippen molar-refractivity contribution in [1.82, 2.24) is 14.2 Å². The minimum Gasteiger partial charge on any atom is -0.333 e. The minimum atomic E-state index is -3.53. The highest BCUT2D eigenvalue weighted by Gasteiger charge is 2.27. The molecule has 0 atom stereocenters. The Morgan fingerprint density at radius 3 is 2.17 bits per heavy atom. The normalized spacial score (nSPS) is 12.2. The maximum Gasteiger partial charge on any atom is 0.244 e. The maximum absolute atomic E-state index is 12.9. The Morgan fingerprint density at radius 1 is 1.03 bits per heavy atom. The number of pyridine rings is 1. The highest BCUT2D eigenvalue weighted by Crippen LogP contribution is 2.23. The number of carbonyl (C=O) groups excluding carboxylic acids is 1. The summed E-state index contributed by atoms with van der Waals surface area (Å²) in [6.45, 7) is 11.0. The van der Waals surface area contributed by atoms with E-state index in [1.165, 1.54) is 22.3 Å². The topological polar surface area (TPSA) is 70.6 Å². The highest BCUT2D eigenvalue weighted by atomic mass is 32.2. The van der Waals surface area contributed by atoms with Gasteiger partial charge in [-0.25, -0.2) is 13.4 Å². The first-order valence-electron chi connectivity index (χ1n) is 10.0. The van der Waals surface area contributed by atoms with Crippen LogP contribution >= 0.6 is 11.8 Å². The average Bonchev–Trinajstić information content (AvgIpc) is 2.71. The van der Waals surface area contributed by atoms with E-state index in [1.54, 1.807) is 26.0 Å². The van der Waals surface area contributed by atoms with Gasteiger partial charge in [0.2, 0.25) is 15.9 Å². The van der Waals surface area contributed by atoms with E-state index in [9.17, 15) is 13.2 Å². The van der Waals surface area contributed by atoms with E-state index in [0.717, 1.165) is 5.56 Å². The highest BCUT2D eigenvalue weighted by molar-refractivity contribution is 7.99. The van der Waals surface area contributed by atoms with Gasteiger partial charge in [-0.1, -0.05) is 55.9 Å². The lowest BCUT2D eigenvalue weighted by atomic mass is 10.0. The molecule has 0 saturated carbocycles. The van der Waals surface area contributed by atoms with Crippen molar-refractivity contribution in [1.29, 1.82) is 0 Å². The molecule has 0 unspecified atom stereocenters. The molecule has 0 N–H and O–H groups in total. The van der Waals surface area contributed by atoms with Crippen LogP contribution in [0.2, 0.25) is 0 Å². The van der Waals surface area contributed by atoms with Gasteiger partial charge in [0, 0.05) is 31.4 Å². The second-order valence-corrected chi connectivity index (χ2v) is 10.8. The Hall–Kier alpha value is -1.90. The quantitative estimate of drug-likeness (QED) is 0.541. The van der Waals surface area contributed by atoms with Crippen molar-refractivity contribution in [2.45, 2.75) is 56.6 Å². The molecule has 1 aromatic carbocycles. The molecule has 0 saturated heterocycles. The second-order valence-electron chi connectivity index (χ2n) is 7.85. The molecule has 164 valence electrons. The molecular weight excluding hydrogens is 418 g/mol. The zero-order valence-electron chi connectivity index (χ0n) is 18.3. The molecule has 0 aliphatic rings. The number of amides is 1. The molecule has 30 heavy (non-hydrogen) atoms. The summed E-state index contributed by atoms with van der Waals surface area (Å²) in [6, 6.07) is 13.1. The molecule has 1 aromatic heterocycles. The standard InChI is InChI=1S/C22H31N3O3S2/c1-6-24(7-2)30(27,28)19-13-14-20(23-15-19)29-17-21(26)25(22(3,4)5)16-18-11-9-8-10-12-18/h8-15H,6-7,16-17H2,1-5H3. The van der Waals surface area contributed by atoms with Crippen molar-refractivity contribution >= 4 is 27.7 Å². The van der Waals surface area contributed by atoms with Crippen molar-refractivity contribution in [3.63, 3.8) is 0 Å². The Bertz CT molecular complexity index is 920. The van der Waals surface area contributed by atoms with Crippen LogP contribution in [0, 0.1) is 0 Å². The lowest BCUT2D eigenvalue weighted by Crippen LogP contribution is -2.45. The Kier molecular flexibility index (Phi) is 8.46. The molecular formula is C22H31N3O3S2. The van der Waals surface area contributed by atoms with Crippen LogP contribution in [0.25, 0.3) is 0 Å². The molecule has 2 aromatic rings. The van der Waals surface area contributed by atoms with Crippen molar-refractivity contribution in [2.24, 2.45) is 0 Å². The second kappa shape index (κ2) is 10.4. The number of thioether (sulfide) groups is 1. The zero-order valence-corrected chi connectivity index (χ0v) is 20.0. The Morgan fingerprint density at radius 2 is 1.67 bits per heavy atom. The number of aromatic nitrogens is 1. The van der Waals surface area contributed by atoms with E-state index in [0.29, 0.717) is 24.7 Å². The Labute approximate surface area is 184 Å². The third kappa shape index (κ3) is 6.30. The summed E-state index contributed by atoms with van der Waals surface area (Å²) >= 11 is 1.31. The molecule has 0 spiro atoms. The fourth-order valence-corrected chi connectivity index (χ4v) is 5.12. The first kappa shape index (κ1) is 24.4. The van der Waals surface area contributed by atoms with E-state index in [4.69, 9.17) is 0 Å². The molecule has 0 aliphatic carbocycles. The monoisotopic (exact) mass is 449 g/mol. The van der Waals surface area contributed by atoms with E-state index >= 15 is 0 Å². The van der Waals surface area contributed by atoms with Gasteiger partial charge in [-0.15, -0.1) is 0 Å². The fourth-order valence-electron chi connectivity index (χ4n) is 3.00. The summed E-state index contributed by atoms with van der Waals surface area (Å²) in [6.07, 6.45) is 1.37. The molecule has 8 heteroatoms. The van der Waals surface area contributed by atoms with Gasteiger partial charge >= 0.3 is 0 Å². The smallest absolute Gasteiger partial charge is 0.244 e. The van der Waals surface area contributed by atoms with Gasteiger partial charge in [-0.05, 0) is 38.5 Å². The molecule has 1 amide bonds. The van der Waals surface area contributed by atoms with E-state index < -0.39 is 10.0 Å². The SMILES string of the molecule is CCN(CC)S(=O)(=O)c1ccc(SCC(=O)N(Cc2ccccc2)C(C)(C)C)nc1. The molecule has 0 aliphatic heterocycles. The van der Waals surface area contributed by atoms with Gasteiger partial charge in [0.25, 0.3) is 0 Å². The summed E-state index contributed by atoms with van der Waals surface area (Å²) in [4.78, 5) is 19.2. The van der Waals surface area contributed by atoms with Crippen molar-refractivity contribution in [3.05, 3.63) is 54.2 Å². The third-order valence-corrected chi connectivity index (χ3v) is 7.65. The summed E-state index contributed by atoms with van der Waals surface area (Å²) in [5.74, 6) is 0.247. The van der Waals surface area contributed by atoms with Crippen LogP contribution in [0.1, 0.15) is 40.2 Å². The number of hydrogen-bond donors (Lipinski definition) is 0. The van der Waals surface area contributed by atoms with E-state index in [-0.39, 0.29) is 22.1 Å². The molecule has 0 fully saturated rings. The average molecular weight is 450 g/mol. The summed E-state index contributed by atoms with van der Waals surface area (Å²) in [5.41, 5.74) is 0.762. The molecule has 6 nitrogen and oxygen atoms in total. The number of nitrogens with zero attached hydrogens (tertiary/aromatic N) is 3. The predicted molar refractivity (Wildman–Crippen MR) is 122 cm³/mol. The van der Waals surface area contributed by atoms with Crippen LogP contribution in [0.5, 0.6) is 0 Å². The van der Waals surface area contributed by atoms with Gasteiger partial charge in [0.05, 0.1) is 10.8 Å². The largest absolute Gasteiger partial charge is 0.333 e. The summed E-state index contributed by atoms with van der Waals surface area (Å²) in [5, 5.41) is 0.621. The number of carbonyl (C=O) groups is 1. The first-order valence-corrected chi connectivity index (χ1v) is 12.5. The summed E-state index contributed by atoms with van der Waals surface area (Å²) in [7, 11) is -3.53. The van der Waals surface area contributed by atoms with E-state index in [2.05, 4.69) is 4.98 Å². The number of benzene rings is 1. The lowest BCUT2D eigenvalue weighted by Gasteiger charge is -2.36. The van der Waals surface area contributed by atoms with Crippen LogP contribution in [0.3, 0.4) is 0 Å². The zero-order chi connectivity index (χ0) is 22.4. The fraction of sp³-hybridized carbons (Fsp3) is 0.455. The molecule has 2 rings (SSSR count). The molecule has 0 radical (unpaired) electrons. The van der Waals surface area contributed by atoms with Gasteiger partial charge in [0.1, 0.15) is 4.90 Å². The first-order chi connectivity index (χ1) is 14.1. The van der Waals surface area contributed by atoms with Crippen LogP contribution in [-0.4, -0.2) is 52.9 Å². The van der Waals surface area contributed by atoms with Crippen LogP contribution < -0.4 is 0 Å². The van der Waals surface area contributed by atoms with Gasteiger partial charge < -0.3 is 4.90 Å². The summed E-state index contributed by atoms with van der Waals surface area (Å²) < 4.78 is 26.5. The van der Waals surface area contributed by atoms with Crippen molar-refractivity contribution < 1.29 is 13.2 Å².